The van der Waals surface area contributed by atoms with Crippen molar-refractivity contribution >= 4 is 5.91 Å². The van der Waals surface area contributed by atoms with Gasteiger partial charge in [-0.2, -0.15) is 0 Å². The fourth-order valence-electron chi connectivity index (χ4n) is 2.84. The van der Waals surface area contributed by atoms with Crippen LogP contribution in [0.3, 0.4) is 0 Å². The molecule has 1 aromatic rings. The molecule has 2 rings (SSSR count). The van der Waals surface area contributed by atoms with E-state index in [1.165, 1.54) is 0 Å². The zero-order valence-electron chi connectivity index (χ0n) is 12.4. The van der Waals surface area contributed by atoms with Crippen molar-refractivity contribution in [2.75, 3.05) is 7.11 Å². The van der Waals surface area contributed by atoms with Gasteiger partial charge in [0.25, 0.3) is 0 Å². The second-order valence-corrected chi connectivity index (χ2v) is 5.53. The fourth-order valence-corrected chi connectivity index (χ4v) is 2.84. The molecule has 0 aliphatic carbocycles. The van der Waals surface area contributed by atoms with Crippen molar-refractivity contribution in [2.24, 2.45) is 5.73 Å². The maximum atomic E-state index is 12.3. The van der Waals surface area contributed by atoms with E-state index in [-0.39, 0.29) is 24.0 Å². The van der Waals surface area contributed by atoms with Gasteiger partial charge >= 0.3 is 0 Å². The number of pyridine rings is 1. The summed E-state index contributed by atoms with van der Waals surface area (Å²) in [6.45, 7) is 4.06. The molecule has 5 nitrogen and oxygen atoms in total. The summed E-state index contributed by atoms with van der Waals surface area (Å²) in [5, 5.41) is 0. The Morgan fingerprint density at radius 2 is 2.20 bits per heavy atom. The first kappa shape index (κ1) is 14.8. The van der Waals surface area contributed by atoms with Gasteiger partial charge in [-0.05, 0) is 38.3 Å². The minimum Gasteiger partial charge on any atom is -0.481 e. The van der Waals surface area contributed by atoms with Crippen molar-refractivity contribution in [1.82, 2.24) is 9.88 Å². The molecule has 2 N–H and O–H groups in total. The molecule has 0 radical (unpaired) electrons. The van der Waals surface area contributed by atoms with Crippen LogP contribution in [-0.4, -0.2) is 35.0 Å². The summed E-state index contributed by atoms with van der Waals surface area (Å²) < 4.78 is 5.08. The topological polar surface area (TPSA) is 68.5 Å². The lowest BCUT2D eigenvalue weighted by Gasteiger charge is -2.36. The molecule has 110 valence electrons. The number of hydrogen-bond donors (Lipinski definition) is 1. The van der Waals surface area contributed by atoms with Gasteiger partial charge in [-0.15, -0.1) is 0 Å². The van der Waals surface area contributed by atoms with Gasteiger partial charge in [0.05, 0.1) is 13.2 Å². The molecule has 1 aromatic heterocycles. The van der Waals surface area contributed by atoms with Crippen molar-refractivity contribution in [3.8, 4) is 5.88 Å². The van der Waals surface area contributed by atoms with E-state index in [0.717, 1.165) is 18.4 Å². The van der Waals surface area contributed by atoms with Crippen LogP contribution in [0.2, 0.25) is 0 Å². The first-order valence-electron chi connectivity index (χ1n) is 7.11. The van der Waals surface area contributed by atoms with Crippen LogP contribution in [0, 0.1) is 0 Å². The van der Waals surface area contributed by atoms with E-state index in [1.54, 1.807) is 13.3 Å². The van der Waals surface area contributed by atoms with Crippen LogP contribution in [0.15, 0.2) is 18.3 Å². The standard InChI is InChI=1S/C15H23N3O2/c1-10(2)18-14(19)6-4-5-12(16)15(18)11-7-8-13(20-3)17-9-11/h7-10,12,15H,4-6,16H2,1-3H3. The highest BCUT2D eigenvalue weighted by Gasteiger charge is 2.34. The largest absolute Gasteiger partial charge is 0.481 e. The highest BCUT2D eigenvalue weighted by Crippen LogP contribution is 2.31. The summed E-state index contributed by atoms with van der Waals surface area (Å²) in [7, 11) is 1.59. The molecule has 0 bridgehead atoms. The van der Waals surface area contributed by atoms with Crippen LogP contribution in [0.25, 0.3) is 0 Å². The molecule has 20 heavy (non-hydrogen) atoms. The molecule has 2 unspecified atom stereocenters. The summed E-state index contributed by atoms with van der Waals surface area (Å²) in [4.78, 5) is 18.5. The third kappa shape index (κ3) is 2.93. The summed E-state index contributed by atoms with van der Waals surface area (Å²) in [6.07, 6.45) is 4.04. The average Bonchev–Trinajstić information content (AvgIpc) is 2.58. The number of hydrogen-bond acceptors (Lipinski definition) is 4. The number of carbonyl (C=O) groups excluding carboxylic acids is 1. The zero-order valence-corrected chi connectivity index (χ0v) is 12.4. The van der Waals surface area contributed by atoms with Gasteiger partial charge in [-0.25, -0.2) is 4.98 Å². The van der Waals surface area contributed by atoms with Gasteiger partial charge in [-0.3, -0.25) is 4.79 Å². The Bertz CT molecular complexity index is 459. The van der Waals surface area contributed by atoms with Crippen molar-refractivity contribution in [2.45, 2.75) is 51.2 Å². The number of methoxy groups -OCH3 is 1. The monoisotopic (exact) mass is 277 g/mol. The molecule has 2 atom stereocenters. The highest BCUT2D eigenvalue weighted by molar-refractivity contribution is 5.77. The van der Waals surface area contributed by atoms with Crippen molar-refractivity contribution < 1.29 is 9.53 Å². The number of aromatic nitrogens is 1. The Hall–Kier alpha value is -1.62. The van der Waals surface area contributed by atoms with Crippen LogP contribution in [0.1, 0.15) is 44.7 Å². The molecular formula is C15H23N3O2. The van der Waals surface area contributed by atoms with E-state index in [1.807, 2.05) is 30.9 Å². The molecule has 0 spiro atoms. The molecule has 1 saturated heterocycles. The van der Waals surface area contributed by atoms with Crippen molar-refractivity contribution in [3.05, 3.63) is 23.9 Å². The zero-order chi connectivity index (χ0) is 14.7. The fraction of sp³-hybridized carbons (Fsp3) is 0.600. The average molecular weight is 277 g/mol. The molecule has 1 aliphatic rings. The number of carbonyl (C=O) groups is 1. The van der Waals surface area contributed by atoms with Crippen LogP contribution in [0.4, 0.5) is 0 Å². The summed E-state index contributed by atoms with van der Waals surface area (Å²) in [6, 6.07) is 3.72. The molecule has 1 fully saturated rings. The van der Waals surface area contributed by atoms with Crippen molar-refractivity contribution in [3.63, 3.8) is 0 Å². The first-order valence-corrected chi connectivity index (χ1v) is 7.11. The number of nitrogens with two attached hydrogens (primary N) is 1. The first-order chi connectivity index (χ1) is 9.54. The van der Waals surface area contributed by atoms with Crippen LogP contribution in [-0.2, 0) is 4.79 Å². The van der Waals surface area contributed by atoms with E-state index in [2.05, 4.69) is 4.98 Å². The molecule has 0 aromatic carbocycles. The lowest BCUT2D eigenvalue weighted by atomic mass is 9.97. The Morgan fingerprint density at radius 3 is 2.75 bits per heavy atom. The van der Waals surface area contributed by atoms with Gasteiger partial charge < -0.3 is 15.4 Å². The highest BCUT2D eigenvalue weighted by atomic mass is 16.5. The lowest BCUT2D eigenvalue weighted by molar-refractivity contribution is -0.135. The van der Waals surface area contributed by atoms with Crippen LogP contribution in [0.5, 0.6) is 5.88 Å². The number of ether oxygens (including phenoxy) is 1. The van der Waals surface area contributed by atoms with E-state index >= 15 is 0 Å². The maximum Gasteiger partial charge on any atom is 0.223 e. The molecule has 5 heteroatoms. The van der Waals surface area contributed by atoms with Gasteiger partial charge in [-0.1, -0.05) is 0 Å². The van der Waals surface area contributed by atoms with Crippen LogP contribution < -0.4 is 10.5 Å². The smallest absolute Gasteiger partial charge is 0.223 e. The summed E-state index contributed by atoms with van der Waals surface area (Å²) in [5.74, 6) is 0.743. The van der Waals surface area contributed by atoms with Crippen molar-refractivity contribution in [1.29, 1.82) is 0 Å². The Kier molecular flexibility index (Phi) is 4.60. The Morgan fingerprint density at radius 1 is 1.45 bits per heavy atom. The third-order valence-electron chi connectivity index (χ3n) is 3.79. The summed E-state index contributed by atoms with van der Waals surface area (Å²) >= 11 is 0. The van der Waals surface area contributed by atoms with E-state index < -0.39 is 0 Å². The predicted octanol–water partition coefficient (Wildman–Crippen LogP) is 1.88. The molecular weight excluding hydrogens is 254 g/mol. The molecule has 0 saturated carbocycles. The number of amides is 1. The predicted molar refractivity (Wildman–Crippen MR) is 77.3 cm³/mol. The third-order valence-corrected chi connectivity index (χ3v) is 3.79. The normalized spacial score (nSPS) is 23.9. The maximum absolute atomic E-state index is 12.3. The number of rotatable bonds is 3. The number of nitrogens with zero attached hydrogens (tertiary/aromatic N) is 2. The van der Waals surface area contributed by atoms with Gasteiger partial charge in [0.1, 0.15) is 0 Å². The lowest BCUT2D eigenvalue weighted by Crippen LogP contribution is -2.45. The quantitative estimate of drug-likeness (QED) is 0.916. The van der Waals surface area contributed by atoms with Crippen LogP contribution >= 0.6 is 0 Å². The van der Waals surface area contributed by atoms with Gasteiger partial charge in [0.2, 0.25) is 11.8 Å². The van der Waals surface area contributed by atoms with E-state index in [4.69, 9.17) is 10.5 Å². The minimum absolute atomic E-state index is 0.0564. The van der Waals surface area contributed by atoms with E-state index in [0.29, 0.717) is 12.3 Å². The second kappa shape index (κ2) is 6.22. The minimum atomic E-state index is -0.108. The SMILES string of the molecule is COc1ccc(C2C(N)CCCC(=O)N2C(C)C)cn1. The molecule has 1 amide bonds. The Labute approximate surface area is 120 Å². The van der Waals surface area contributed by atoms with E-state index in [9.17, 15) is 4.79 Å². The number of likely N-dealkylation sites (tertiary alicyclic amines) is 1. The van der Waals surface area contributed by atoms with Gasteiger partial charge in [0, 0.05) is 30.8 Å². The Balaban J connectivity index is 2.37. The molecule has 1 aliphatic heterocycles. The summed E-state index contributed by atoms with van der Waals surface area (Å²) in [5.41, 5.74) is 7.29. The van der Waals surface area contributed by atoms with Gasteiger partial charge in [0.15, 0.2) is 0 Å². The molecule has 2 heterocycles. The second-order valence-electron chi connectivity index (χ2n) is 5.53.